The second-order valence-corrected chi connectivity index (χ2v) is 4.82. The van der Waals surface area contributed by atoms with Crippen LogP contribution in [0.4, 0.5) is 11.4 Å². The van der Waals surface area contributed by atoms with Crippen LogP contribution in [0.15, 0.2) is 30.3 Å². The summed E-state index contributed by atoms with van der Waals surface area (Å²) in [5.41, 5.74) is 7.69. The molecule has 0 aliphatic rings. The van der Waals surface area contributed by atoms with E-state index in [4.69, 9.17) is 28.9 Å². The third-order valence-corrected chi connectivity index (χ3v) is 2.91. The number of nitrogen functional groups attached to an aromatic ring is 1. The van der Waals surface area contributed by atoms with Gasteiger partial charge in [-0.15, -0.1) is 0 Å². The molecule has 0 bridgehead atoms. The lowest BCUT2D eigenvalue weighted by Crippen LogP contribution is -2.13. The lowest BCUT2D eigenvalue weighted by Gasteiger charge is -2.08. The highest BCUT2D eigenvalue weighted by Crippen LogP contribution is 2.20. The topological polar surface area (TPSA) is 68.0 Å². The molecule has 0 saturated heterocycles. The molecule has 2 rings (SSSR count). The second-order valence-electron chi connectivity index (χ2n) is 3.99. The highest BCUT2D eigenvalue weighted by atomic mass is 35.5. The van der Waals surface area contributed by atoms with Crippen LogP contribution in [0.1, 0.15) is 16.1 Å². The van der Waals surface area contributed by atoms with Crippen molar-refractivity contribution in [3.63, 3.8) is 0 Å². The number of rotatable bonds is 2. The molecule has 0 fully saturated rings. The lowest BCUT2D eigenvalue weighted by atomic mass is 10.2. The average molecular weight is 296 g/mol. The summed E-state index contributed by atoms with van der Waals surface area (Å²) in [4.78, 5) is 16.1. The zero-order chi connectivity index (χ0) is 14.0. The van der Waals surface area contributed by atoms with Gasteiger partial charge in [-0.25, -0.2) is 4.98 Å². The minimum absolute atomic E-state index is 0.304. The van der Waals surface area contributed by atoms with E-state index in [-0.39, 0.29) is 5.91 Å². The van der Waals surface area contributed by atoms with Gasteiger partial charge in [-0.1, -0.05) is 23.2 Å². The first-order valence-electron chi connectivity index (χ1n) is 5.46. The van der Waals surface area contributed by atoms with E-state index in [1.165, 1.54) is 0 Å². The van der Waals surface area contributed by atoms with Crippen LogP contribution in [-0.2, 0) is 0 Å². The number of halogens is 2. The molecule has 1 amide bonds. The standard InChI is InChI=1S/C13H11Cl2N3O/c1-7-11(2-3-12(15)17-7)18-13(19)8-4-9(14)6-10(16)5-8/h2-6H,16H2,1H3,(H,18,19). The van der Waals surface area contributed by atoms with Crippen molar-refractivity contribution in [3.05, 3.63) is 51.8 Å². The maximum atomic E-state index is 12.1. The van der Waals surface area contributed by atoms with Crippen LogP contribution < -0.4 is 11.1 Å². The predicted octanol–water partition coefficient (Wildman–Crippen LogP) is 3.53. The molecule has 2 aromatic rings. The Kier molecular flexibility index (Phi) is 3.93. The van der Waals surface area contributed by atoms with Crippen molar-refractivity contribution in [1.29, 1.82) is 0 Å². The van der Waals surface area contributed by atoms with E-state index >= 15 is 0 Å². The van der Waals surface area contributed by atoms with Crippen LogP contribution in [0.5, 0.6) is 0 Å². The number of carbonyl (C=O) groups excluding carboxylic acids is 1. The Morgan fingerprint density at radius 2 is 2.00 bits per heavy atom. The summed E-state index contributed by atoms with van der Waals surface area (Å²) < 4.78 is 0. The Bertz CT molecular complexity index is 624. The van der Waals surface area contributed by atoms with Gasteiger partial charge in [-0.3, -0.25) is 4.79 Å². The zero-order valence-electron chi connectivity index (χ0n) is 10.1. The first-order valence-corrected chi connectivity index (χ1v) is 6.22. The Balaban J connectivity index is 2.25. The first-order chi connectivity index (χ1) is 8.95. The first kappa shape index (κ1) is 13.6. The van der Waals surface area contributed by atoms with E-state index in [2.05, 4.69) is 10.3 Å². The molecule has 6 heteroatoms. The van der Waals surface area contributed by atoms with Gasteiger partial charge < -0.3 is 11.1 Å². The Labute approximate surface area is 120 Å². The maximum absolute atomic E-state index is 12.1. The van der Waals surface area contributed by atoms with Crippen molar-refractivity contribution in [1.82, 2.24) is 4.98 Å². The number of nitrogens with two attached hydrogens (primary N) is 1. The number of nitrogens with one attached hydrogen (secondary N) is 1. The van der Waals surface area contributed by atoms with Crippen molar-refractivity contribution in [3.8, 4) is 0 Å². The van der Waals surface area contributed by atoms with Crippen molar-refractivity contribution in [2.45, 2.75) is 6.92 Å². The number of amides is 1. The summed E-state index contributed by atoms with van der Waals surface area (Å²) in [5, 5.41) is 3.52. The SMILES string of the molecule is Cc1nc(Cl)ccc1NC(=O)c1cc(N)cc(Cl)c1. The van der Waals surface area contributed by atoms with Crippen molar-refractivity contribution >= 4 is 40.5 Å². The van der Waals surface area contributed by atoms with Crippen LogP contribution in [-0.4, -0.2) is 10.9 Å². The highest BCUT2D eigenvalue weighted by molar-refractivity contribution is 6.31. The van der Waals surface area contributed by atoms with Gasteiger partial charge in [0.1, 0.15) is 5.15 Å². The molecule has 0 atom stereocenters. The number of aromatic nitrogens is 1. The van der Waals surface area contributed by atoms with Crippen molar-refractivity contribution in [2.24, 2.45) is 0 Å². The summed E-state index contributed by atoms with van der Waals surface area (Å²) in [6.45, 7) is 1.76. The summed E-state index contributed by atoms with van der Waals surface area (Å²) in [6, 6.07) is 7.98. The molecule has 1 heterocycles. The smallest absolute Gasteiger partial charge is 0.255 e. The number of aryl methyl sites for hydroxylation is 1. The summed E-state index contributed by atoms with van der Waals surface area (Å²) >= 11 is 11.6. The van der Waals surface area contributed by atoms with Crippen LogP contribution in [0.3, 0.4) is 0 Å². The van der Waals surface area contributed by atoms with Gasteiger partial charge in [0.05, 0.1) is 11.4 Å². The summed E-state index contributed by atoms with van der Waals surface area (Å²) in [7, 11) is 0. The molecule has 0 spiro atoms. The fraction of sp³-hybridized carbons (Fsp3) is 0.0769. The number of benzene rings is 1. The highest BCUT2D eigenvalue weighted by Gasteiger charge is 2.10. The Hall–Kier alpha value is -1.78. The molecule has 0 saturated carbocycles. The van der Waals surface area contributed by atoms with Gasteiger partial charge in [0, 0.05) is 16.3 Å². The molecule has 3 N–H and O–H groups in total. The van der Waals surface area contributed by atoms with Crippen molar-refractivity contribution in [2.75, 3.05) is 11.1 Å². The van der Waals surface area contributed by atoms with Gasteiger partial charge in [0.2, 0.25) is 0 Å². The molecule has 0 aliphatic heterocycles. The van der Waals surface area contributed by atoms with E-state index in [1.807, 2.05) is 0 Å². The minimum atomic E-state index is -0.304. The molecular formula is C13H11Cl2N3O. The third-order valence-electron chi connectivity index (χ3n) is 2.48. The summed E-state index contributed by atoms with van der Waals surface area (Å²) in [6.07, 6.45) is 0. The fourth-order valence-electron chi connectivity index (χ4n) is 1.60. The molecule has 1 aromatic carbocycles. The molecular weight excluding hydrogens is 285 g/mol. The van der Waals surface area contributed by atoms with Crippen molar-refractivity contribution < 1.29 is 4.79 Å². The van der Waals surface area contributed by atoms with Gasteiger partial charge in [0.25, 0.3) is 5.91 Å². The number of pyridine rings is 1. The van der Waals surface area contributed by atoms with E-state index in [0.29, 0.717) is 32.8 Å². The number of hydrogen-bond acceptors (Lipinski definition) is 3. The lowest BCUT2D eigenvalue weighted by molar-refractivity contribution is 0.102. The van der Waals surface area contributed by atoms with E-state index < -0.39 is 0 Å². The van der Waals surface area contributed by atoms with E-state index in [9.17, 15) is 4.79 Å². The van der Waals surface area contributed by atoms with Crippen LogP contribution in [0.25, 0.3) is 0 Å². The molecule has 0 radical (unpaired) electrons. The molecule has 4 nitrogen and oxygen atoms in total. The minimum Gasteiger partial charge on any atom is -0.399 e. The predicted molar refractivity (Wildman–Crippen MR) is 77.8 cm³/mol. The summed E-state index contributed by atoms with van der Waals surface area (Å²) in [5.74, 6) is -0.304. The third kappa shape index (κ3) is 3.36. The van der Waals surface area contributed by atoms with E-state index in [0.717, 1.165) is 0 Å². The van der Waals surface area contributed by atoms with Gasteiger partial charge in [-0.2, -0.15) is 0 Å². The Morgan fingerprint density at radius 1 is 1.26 bits per heavy atom. The normalized spacial score (nSPS) is 10.3. The quantitative estimate of drug-likeness (QED) is 0.658. The molecule has 1 aromatic heterocycles. The van der Waals surface area contributed by atoms with E-state index in [1.54, 1.807) is 37.3 Å². The molecule has 98 valence electrons. The van der Waals surface area contributed by atoms with Crippen LogP contribution >= 0.6 is 23.2 Å². The number of hydrogen-bond donors (Lipinski definition) is 2. The van der Waals surface area contributed by atoms with Gasteiger partial charge in [0.15, 0.2) is 0 Å². The molecule has 0 unspecified atom stereocenters. The monoisotopic (exact) mass is 295 g/mol. The molecule has 19 heavy (non-hydrogen) atoms. The van der Waals surface area contributed by atoms with Crippen LogP contribution in [0, 0.1) is 6.92 Å². The second kappa shape index (κ2) is 5.47. The number of nitrogens with zero attached hydrogens (tertiary/aromatic N) is 1. The maximum Gasteiger partial charge on any atom is 0.255 e. The fourth-order valence-corrected chi connectivity index (χ4v) is 2.03. The largest absolute Gasteiger partial charge is 0.399 e. The zero-order valence-corrected chi connectivity index (χ0v) is 11.6. The molecule has 0 aliphatic carbocycles. The number of carbonyl (C=O) groups is 1. The Morgan fingerprint density at radius 3 is 2.63 bits per heavy atom. The van der Waals surface area contributed by atoms with Gasteiger partial charge >= 0.3 is 0 Å². The number of anilines is 2. The van der Waals surface area contributed by atoms with Crippen LogP contribution in [0.2, 0.25) is 10.2 Å². The van der Waals surface area contributed by atoms with Gasteiger partial charge in [-0.05, 0) is 37.3 Å². The average Bonchev–Trinajstić information content (AvgIpc) is 2.31.